The van der Waals surface area contributed by atoms with Crippen molar-refractivity contribution in [2.24, 2.45) is 5.73 Å². The first-order chi connectivity index (χ1) is 8.77. The topological polar surface area (TPSA) is 53.1 Å². The monoisotopic (exact) mass is 273 g/mol. The summed E-state index contributed by atoms with van der Waals surface area (Å²) in [7, 11) is 1.78. The van der Waals surface area contributed by atoms with E-state index in [1.807, 2.05) is 11.8 Å². The molecule has 0 saturated heterocycles. The van der Waals surface area contributed by atoms with E-state index in [4.69, 9.17) is 11.1 Å². The van der Waals surface area contributed by atoms with E-state index >= 15 is 0 Å². The molecule has 0 unspecified atom stereocenters. The van der Waals surface area contributed by atoms with Crippen LogP contribution in [0.15, 0.2) is 18.2 Å². The van der Waals surface area contributed by atoms with E-state index in [9.17, 15) is 13.2 Å². The summed E-state index contributed by atoms with van der Waals surface area (Å²) in [4.78, 5) is 1.82. The van der Waals surface area contributed by atoms with Gasteiger partial charge in [-0.3, -0.25) is 5.41 Å². The number of hydrogen-bond acceptors (Lipinski definition) is 2. The molecule has 1 aromatic rings. The van der Waals surface area contributed by atoms with Gasteiger partial charge in [-0.2, -0.15) is 13.2 Å². The van der Waals surface area contributed by atoms with Crippen LogP contribution in [-0.2, 0) is 6.18 Å². The van der Waals surface area contributed by atoms with E-state index in [0.29, 0.717) is 12.2 Å². The average molecular weight is 273 g/mol. The van der Waals surface area contributed by atoms with Crippen LogP contribution in [0, 0.1) is 5.41 Å². The second-order valence-corrected chi connectivity index (χ2v) is 4.42. The zero-order valence-electron chi connectivity index (χ0n) is 11.0. The van der Waals surface area contributed by atoms with Crippen molar-refractivity contribution in [3.63, 3.8) is 0 Å². The molecule has 0 radical (unpaired) electrons. The standard InChI is InChI=1S/C13H18F3N3/c1-3-4-7-19(2)11-6-5-9(13(14,15)16)8-10(11)12(17)18/h5-6,8H,3-4,7H2,1-2H3,(H3,17,18). The number of nitrogens with zero attached hydrogens (tertiary/aromatic N) is 1. The van der Waals surface area contributed by atoms with Gasteiger partial charge in [-0.15, -0.1) is 0 Å². The van der Waals surface area contributed by atoms with Crippen LogP contribution in [0.3, 0.4) is 0 Å². The number of anilines is 1. The predicted molar refractivity (Wildman–Crippen MR) is 70.6 cm³/mol. The quantitative estimate of drug-likeness (QED) is 0.639. The van der Waals surface area contributed by atoms with Crippen molar-refractivity contribution >= 4 is 11.5 Å². The van der Waals surface area contributed by atoms with Gasteiger partial charge in [0.05, 0.1) is 5.56 Å². The largest absolute Gasteiger partial charge is 0.416 e. The van der Waals surface area contributed by atoms with Gasteiger partial charge in [-0.05, 0) is 24.6 Å². The Hall–Kier alpha value is -1.72. The molecule has 1 rings (SSSR count). The molecule has 0 amide bonds. The first-order valence-electron chi connectivity index (χ1n) is 6.04. The van der Waals surface area contributed by atoms with Crippen LogP contribution in [0.5, 0.6) is 0 Å². The molecule has 0 aromatic heterocycles. The molecule has 0 bridgehead atoms. The minimum absolute atomic E-state index is 0.119. The Morgan fingerprint density at radius 3 is 2.47 bits per heavy atom. The molecule has 0 atom stereocenters. The molecular weight excluding hydrogens is 255 g/mol. The van der Waals surface area contributed by atoms with Gasteiger partial charge in [0.1, 0.15) is 5.84 Å². The van der Waals surface area contributed by atoms with Crippen molar-refractivity contribution in [3.8, 4) is 0 Å². The summed E-state index contributed by atoms with van der Waals surface area (Å²) < 4.78 is 37.9. The zero-order chi connectivity index (χ0) is 14.6. The summed E-state index contributed by atoms with van der Waals surface area (Å²) in [5, 5.41) is 7.43. The summed E-state index contributed by atoms with van der Waals surface area (Å²) in [5.41, 5.74) is 5.26. The number of rotatable bonds is 5. The van der Waals surface area contributed by atoms with Crippen molar-refractivity contribution in [2.75, 3.05) is 18.5 Å². The Balaban J connectivity index is 3.15. The molecule has 0 aliphatic heterocycles. The number of nitrogens with one attached hydrogen (secondary N) is 1. The van der Waals surface area contributed by atoms with Crippen LogP contribution in [0.1, 0.15) is 30.9 Å². The van der Waals surface area contributed by atoms with Gasteiger partial charge in [-0.1, -0.05) is 13.3 Å². The Bertz CT molecular complexity index is 455. The molecule has 19 heavy (non-hydrogen) atoms. The van der Waals surface area contributed by atoms with E-state index < -0.39 is 11.7 Å². The minimum atomic E-state index is -4.43. The number of benzene rings is 1. The molecule has 3 nitrogen and oxygen atoms in total. The molecule has 0 aliphatic rings. The highest BCUT2D eigenvalue weighted by Crippen LogP contribution is 2.32. The average Bonchev–Trinajstić information content (AvgIpc) is 2.34. The van der Waals surface area contributed by atoms with E-state index in [0.717, 1.165) is 25.0 Å². The number of hydrogen-bond donors (Lipinski definition) is 2. The third-order valence-corrected chi connectivity index (χ3v) is 2.87. The molecule has 0 heterocycles. The number of nitrogen functional groups attached to an aromatic ring is 1. The fraction of sp³-hybridized carbons (Fsp3) is 0.462. The van der Waals surface area contributed by atoms with Crippen LogP contribution < -0.4 is 10.6 Å². The van der Waals surface area contributed by atoms with Gasteiger partial charge in [-0.25, -0.2) is 0 Å². The molecule has 1 aromatic carbocycles. The molecule has 0 fully saturated rings. The number of unbranched alkanes of at least 4 members (excludes halogenated alkanes) is 1. The third-order valence-electron chi connectivity index (χ3n) is 2.87. The lowest BCUT2D eigenvalue weighted by Gasteiger charge is -2.23. The number of nitrogens with two attached hydrogens (primary N) is 1. The summed E-state index contributed by atoms with van der Waals surface area (Å²) in [6, 6.07) is 3.32. The van der Waals surface area contributed by atoms with Crippen molar-refractivity contribution in [2.45, 2.75) is 25.9 Å². The maximum atomic E-state index is 12.6. The molecule has 106 valence electrons. The van der Waals surface area contributed by atoms with Crippen LogP contribution >= 0.6 is 0 Å². The Morgan fingerprint density at radius 2 is 2.00 bits per heavy atom. The Kier molecular flexibility index (Phi) is 4.80. The number of alkyl halides is 3. The van der Waals surface area contributed by atoms with Crippen molar-refractivity contribution in [3.05, 3.63) is 29.3 Å². The Labute approximate surface area is 110 Å². The maximum Gasteiger partial charge on any atom is 0.416 e. The van der Waals surface area contributed by atoms with Crippen LogP contribution in [0.2, 0.25) is 0 Å². The van der Waals surface area contributed by atoms with Gasteiger partial charge in [0.25, 0.3) is 0 Å². The molecule has 3 N–H and O–H groups in total. The van der Waals surface area contributed by atoms with Gasteiger partial charge in [0, 0.05) is 24.8 Å². The Morgan fingerprint density at radius 1 is 1.37 bits per heavy atom. The van der Waals surface area contributed by atoms with E-state index in [1.165, 1.54) is 6.07 Å². The number of halogens is 3. The second-order valence-electron chi connectivity index (χ2n) is 4.42. The molecule has 0 saturated carbocycles. The first kappa shape index (κ1) is 15.3. The van der Waals surface area contributed by atoms with Crippen molar-refractivity contribution in [1.82, 2.24) is 0 Å². The van der Waals surface area contributed by atoms with Gasteiger partial charge in [0.15, 0.2) is 0 Å². The minimum Gasteiger partial charge on any atom is -0.384 e. The third kappa shape index (κ3) is 3.87. The SMILES string of the molecule is CCCCN(C)c1ccc(C(F)(F)F)cc1C(=N)N. The van der Waals surface area contributed by atoms with Gasteiger partial charge >= 0.3 is 6.18 Å². The van der Waals surface area contributed by atoms with Crippen LogP contribution in [0.25, 0.3) is 0 Å². The van der Waals surface area contributed by atoms with E-state index in [1.54, 1.807) is 7.05 Å². The smallest absolute Gasteiger partial charge is 0.384 e. The first-order valence-corrected chi connectivity index (χ1v) is 6.04. The highest BCUT2D eigenvalue weighted by molar-refractivity contribution is 6.00. The van der Waals surface area contributed by atoms with Gasteiger partial charge in [0.2, 0.25) is 0 Å². The van der Waals surface area contributed by atoms with Crippen molar-refractivity contribution in [1.29, 1.82) is 5.41 Å². The predicted octanol–water partition coefficient (Wildman–Crippen LogP) is 3.23. The molecule has 0 aliphatic carbocycles. The van der Waals surface area contributed by atoms with Crippen LogP contribution in [-0.4, -0.2) is 19.4 Å². The summed E-state index contributed by atoms with van der Waals surface area (Å²) >= 11 is 0. The van der Waals surface area contributed by atoms with Crippen molar-refractivity contribution < 1.29 is 13.2 Å². The van der Waals surface area contributed by atoms with E-state index in [2.05, 4.69) is 0 Å². The van der Waals surface area contributed by atoms with E-state index in [-0.39, 0.29) is 11.4 Å². The molecule has 0 spiro atoms. The highest BCUT2D eigenvalue weighted by atomic mass is 19.4. The highest BCUT2D eigenvalue weighted by Gasteiger charge is 2.31. The molecular formula is C13H18F3N3. The van der Waals surface area contributed by atoms with Gasteiger partial charge < -0.3 is 10.6 Å². The molecule has 6 heteroatoms. The lowest BCUT2D eigenvalue weighted by Crippen LogP contribution is -2.24. The number of amidine groups is 1. The maximum absolute atomic E-state index is 12.6. The van der Waals surface area contributed by atoms with Crippen LogP contribution in [0.4, 0.5) is 18.9 Å². The fourth-order valence-electron chi connectivity index (χ4n) is 1.78. The normalized spacial score (nSPS) is 11.4. The lowest BCUT2D eigenvalue weighted by molar-refractivity contribution is -0.137. The summed E-state index contributed by atoms with van der Waals surface area (Å²) in [6.07, 6.45) is -2.51. The summed E-state index contributed by atoms with van der Waals surface area (Å²) in [6.45, 7) is 2.74. The fourth-order valence-corrected chi connectivity index (χ4v) is 1.78. The lowest BCUT2D eigenvalue weighted by atomic mass is 10.1. The zero-order valence-corrected chi connectivity index (χ0v) is 11.0. The summed E-state index contributed by atoms with van der Waals surface area (Å²) in [5.74, 6) is -0.357. The second kappa shape index (κ2) is 5.95.